The first-order chi connectivity index (χ1) is 8.58. The Balaban J connectivity index is 2.25. The summed E-state index contributed by atoms with van der Waals surface area (Å²) < 4.78 is 0.569. The van der Waals surface area contributed by atoms with Crippen LogP contribution in [0.2, 0.25) is 0 Å². The molecule has 0 N–H and O–H groups in total. The Bertz CT molecular complexity index is 443. The van der Waals surface area contributed by atoms with Crippen LogP contribution in [0.15, 0.2) is 48.5 Å². The van der Waals surface area contributed by atoms with Crippen LogP contribution >= 0.6 is 22.6 Å². The highest BCUT2D eigenvalue weighted by Gasteiger charge is 2.03. The van der Waals surface area contributed by atoms with Crippen LogP contribution in [-0.2, 0) is 0 Å². The third-order valence-corrected chi connectivity index (χ3v) is 4.00. The summed E-state index contributed by atoms with van der Waals surface area (Å²) in [6, 6.07) is 17.8. The van der Waals surface area contributed by atoms with Crippen molar-refractivity contribution in [2.24, 2.45) is 0 Å². The molecule has 0 bridgehead atoms. The molecule has 2 rings (SSSR count). The van der Waals surface area contributed by atoms with Gasteiger partial charge in [-0.25, -0.2) is 0 Å². The van der Waals surface area contributed by atoms with E-state index < -0.39 is 0 Å². The van der Waals surface area contributed by atoms with Crippen molar-refractivity contribution in [1.29, 1.82) is 0 Å². The van der Waals surface area contributed by atoms with Gasteiger partial charge in [0.25, 0.3) is 0 Å². The molecule has 0 amide bonds. The number of alkyl halides is 1. The minimum Gasteiger partial charge on any atom is -0.0777 e. The fraction of sp³-hybridized carbons (Fsp3) is 0.294. The second kappa shape index (κ2) is 5.87. The first kappa shape index (κ1) is 13.6. The lowest BCUT2D eigenvalue weighted by atomic mass is 9.98. The monoisotopic (exact) mass is 350 g/mol. The van der Waals surface area contributed by atoms with Gasteiger partial charge in [0.05, 0.1) is 0 Å². The van der Waals surface area contributed by atoms with E-state index in [0.29, 0.717) is 9.84 Å². The molecule has 0 saturated heterocycles. The summed E-state index contributed by atoms with van der Waals surface area (Å²) >= 11 is 2.45. The van der Waals surface area contributed by atoms with Crippen LogP contribution < -0.4 is 0 Å². The van der Waals surface area contributed by atoms with Crippen molar-refractivity contribution in [1.82, 2.24) is 0 Å². The van der Waals surface area contributed by atoms with Crippen molar-refractivity contribution in [3.05, 3.63) is 59.7 Å². The first-order valence-electron chi connectivity index (χ1n) is 6.42. The van der Waals surface area contributed by atoms with Gasteiger partial charge in [0.1, 0.15) is 0 Å². The van der Waals surface area contributed by atoms with Crippen LogP contribution in [0.3, 0.4) is 0 Å². The average Bonchev–Trinajstić information content (AvgIpc) is 2.39. The lowest BCUT2D eigenvalue weighted by Gasteiger charge is -2.08. The van der Waals surface area contributed by atoms with Gasteiger partial charge in [-0.05, 0) is 35.1 Å². The molecule has 0 spiro atoms. The third kappa shape index (κ3) is 3.14. The molecule has 0 aliphatic heterocycles. The molecule has 1 atom stereocenters. The molecule has 0 heterocycles. The van der Waals surface area contributed by atoms with Crippen molar-refractivity contribution in [3.63, 3.8) is 0 Å². The van der Waals surface area contributed by atoms with E-state index in [4.69, 9.17) is 0 Å². The standard InChI is InChI=1S/C17H19I/c1-12(2)14-4-8-16(9-5-14)17-10-6-15(7-11-17)13(3)18/h4-13H,1-3H3/t13-/m0/s1. The van der Waals surface area contributed by atoms with E-state index in [9.17, 15) is 0 Å². The zero-order valence-corrected chi connectivity index (χ0v) is 13.3. The van der Waals surface area contributed by atoms with Gasteiger partial charge in [-0.2, -0.15) is 0 Å². The van der Waals surface area contributed by atoms with E-state index in [-0.39, 0.29) is 0 Å². The van der Waals surface area contributed by atoms with Crippen LogP contribution in [0.4, 0.5) is 0 Å². The van der Waals surface area contributed by atoms with Gasteiger partial charge in [0, 0.05) is 3.92 Å². The molecule has 1 heteroatoms. The van der Waals surface area contributed by atoms with Crippen molar-refractivity contribution in [3.8, 4) is 11.1 Å². The maximum atomic E-state index is 2.45. The Labute approximate surface area is 124 Å². The second-order valence-electron chi connectivity index (χ2n) is 5.01. The molecule has 18 heavy (non-hydrogen) atoms. The van der Waals surface area contributed by atoms with Gasteiger partial charge in [-0.3, -0.25) is 0 Å². The second-order valence-corrected chi connectivity index (χ2v) is 6.88. The van der Waals surface area contributed by atoms with Crippen LogP contribution in [0.1, 0.15) is 41.7 Å². The van der Waals surface area contributed by atoms with Crippen LogP contribution in [0.5, 0.6) is 0 Å². The van der Waals surface area contributed by atoms with Gasteiger partial charge < -0.3 is 0 Å². The fourth-order valence-electron chi connectivity index (χ4n) is 2.00. The summed E-state index contributed by atoms with van der Waals surface area (Å²) in [5, 5.41) is 0. The lowest BCUT2D eigenvalue weighted by Crippen LogP contribution is -1.87. The minimum absolute atomic E-state index is 0.569. The van der Waals surface area contributed by atoms with Crippen LogP contribution in [0.25, 0.3) is 11.1 Å². The predicted octanol–water partition coefficient (Wildman–Crippen LogP) is 5.97. The summed E-state index contributed by atoms with van der Waals surface area (Å²) in [6.07, 6.45) is 0. The molecular formula is C17H19I. The summed E-state index contributed by atoms with van der Waals surface area (Å²) in [4.78, 5) is 0. The summed E-state index contributed by atoms with van der Waals surface area (Å²) in [5.74, 6) is 0.598. The lowest BCUT2D eigenvalue weighted by molar-refractivity contribution is 0.867. The van der Waals surface area contributed by atoms with E-state index in [1.165, 1.54) is 22.3 Å². The van der Waals surface area contributed by atoms with E-state index in [1.54, 1.807) is 0 Å². The quantitative estimate of drug-likeness (QED) is 0.472. The molecule has 0 unspecified atom stereocenters. The summed E-state index contributed by atoms with van der Waals surface area (Å²) in [7, 11) is 0. The van der Waals surface area contributed by atoms with Crippen molar-refractivity contribution >= 4 is 22.6 Å². The largest absolute Gasteiger partial charge is 0.0777 e. The molecule has 2 aromatic carbocycles. The Morgan fingerprint density at radius 1 is 0.667 bits per heavy atom. The Hall–Kier alpha value is -0.830. The number of hydrogen-bond donors (Lipinski definition) is 0. The molecule has 94 valence electrons. The van der Waals surface area contributed by atoms with E-state index >= 15 is 0 Å². The molecule has 2 aromatic rings. The third-order valence-electron chi connectivity index (χ3n) is 3.28. The fourth-order valence-corrected chi connectivity index (χ4v) is 2.42. The normalized spacial score (nSPS) is 12.7. The maximum Gasteiger partial charge on any atom is 0.0331 e. The highest BCUT2D eigenvalue weighted by Crippen LogP contribution is 2.27. The average molecular weight is 350 g/mol. The van der Waals surface area contributed by atoms with Gasteiger partial charge >= 0.3 is 0 Å². The van der Waals surface area contributed by atoms with Gasteiger partial charge in [0.2, 0.25) is 0 Å². The molecular weight excluding hydrogens is 331 g/mol. The van der Waals surface area contributed by atoms with Crippen LogP contribution in [-0.4, -0.2) is 0 Å². The molecule has 0 aliphatic carbocycles. The highest BCUT2D eigenvalue weighted by molar-refractivity contribution is 14.1. The van der Waals surface area contributed by atoms with Crippen molar-refractivity contribution in [2.75, 3.05) is 0 Å². The SMILES string of the molecule is CC(C)c1ccc(-c2ccc([C@H](C)I)cc2)cc1. The Morgan fingerprint density at radius 2 is 1.06 bits per heavy atom. The van der Waals surface area contributed by atoms with E-state index in [1.807, 2.05) is 0 Å². The van der Waals surface area contributed by atoms with Crippen LogP contribution in [0, 0.1) is 0 Å². The molecule has 0 aromatic heterocycles. The highest BCUT2D eigenvalue weighted by atomic mass is 127. The number of rotatable bonds is 3. The maximum absolute atomic E-state index is 2.45. The predicted molar refractivity (Wildman–Crippen MR) is 88.4 cm³/mol. The Kier molecular flexibility index (Phi) is 4.44. The van der Waals surface area contributed by atoms with Gasteiger partial charge in [-0.15, -0.1) is 0 Å². The number of benzene rings is 2. The van der Waals surface area contributed by atoms with Gasteiger partial charge in [-0.1, -0.05) is 85.0 Å². The number of hydrogen-bond acceptors (Lipinski definition) is 0. The topological polar surface area (TPSA) is 0 Å². The smallest absolute Gasteiger partial charge is 0.0331 e. The molecule has 0 nitrogen and oxygen atoms in total. The zero-order valence-electron chi connectivity index (χ0n) is 11.2. The summed E-state index contributed by atoms with van der Waals surface area (Å²) in [5.41, 5.74) is 5.38. The van der Waals surface area contributed by atoms with Gasteiger partial charge in [0.15, 0.2) is 0 Å². The first-order valence-corrected chi connectivity index (χ1v) is 7.67. The van der Waals surface area contributed by atoms with Crippen molar-refractivity contribution in [2.45, 2.75) is 30.6 Å². The van der Waals surface area contributed by atoms with E-state index in [2.05, 4.69) is 91.9 Å². The Morgan fingerprint density at radius 3 is 1.39 bits per heavy atom. The minimum atomic E-state index is 0.569. The number of halogens is 1. The van der Waals surface area contributed by atoms with Crippen molar-refractivity contribution < 1.29 is 0 Å². The molecule has 0 radical (unpaired) electrons. The molecule has 0 saturated carbocycles. The zero-order chi connectivity index (χ0) is 13.1. The van der Waals surface area contributed by atoms with E-state index in [0.717, 1.165) is 0 Å². The molecule has 0 fully saturated rings. The summed E-state index contributed by atoms with van der Waals surface area (Å²) in [6.45, 7) is 6.67. The molecule has 0 aliphatic rings.